The van der Waals surface area contributed by atoms with Gasteiger partial charge >= 0.3 is 0 Å². The third kappa shape index (κ3) is 3.50. The molecule has 2 heterocycles. The molecule has 0 spiro atoms. The number of ether oxygens (including phenoxy) is 2. The highest BCUT2D eigenvalue weighted by Crippen LogP contribution is 2.34. The van der Waals surface area contributed by atoms with Gasteiger partial charge in [0.05, 0.1) is 30.3 Å². The van der Waals surface area contributed by atoms with E-state index in [1.807, 2.05) is 24.3 Å². The van der Waals surface area contributed by atoms with Crippen molar-refractivity contribution in [3.05, 3.63) is 72.8 Å². The molecule has 0 atom stereocenters. The van der Waals surface area contributed by atoms with E-state index in [2.05, 4.69) is 20.6 Å². The van der Waals surface area contributed by atoms with Crippen molar-refractivity contribution >= 4 is 37.9 Å². The first-order valence-electron chi connectivity index (χ1n) is 9.96. The van der Waals surface area contributed by atoms with Gasteiger partial charge in [0.15, 0.2) is 5.65 Å². The summed E-state index contributed by atoms with van der Waals surface area (Å²) in [5.41, 5.74) is 1.37. The van der Waals surface area contributed by atoms with Gasteiger partial charge in [-0.15, -0.1) is 5.10 Å². The molecule has 0 unspecified atom stereocenters. The third-order valence-electron chi connectivity index (χ3n) is 5.19. The van der Waals surface area contributed by atoms with Crippen molar-refractivity contribution < 1.29 is 17.9 Å². The van der Waals surface area contributed by atoms with Crippen LogP contribution in [0.5, 0.6) is 11.5 Å². The molecule has 33 heavy (non-hydrogen) atoms. The molecule has 0 aliphatic carbocycles. The summed E-state index contributed by atoms with van der Waals surface area (Å²) in [6.07, 6.45) is 0. The highest BCUT2D eigenvalue weighted by Gasteiger charge is 2.27. The van der Waals surface area contributed by atoms with Crippen LogP contribution in [0.1, 0.15) is 0 Å². The van der Waals surface area contributed by atoms with Crippen molar-refractivity contribution in [3.63, 3.8) is 0 Å². The zero-order chi connectivity index (χ0) is 23.0. The smallest absolute Gasteiger partial charge is 0.229 e. The van der Waals surface area contributed by atoms with Crippen LogP contribution in [0.3, 0.4) is 0 Å². The molecule has 1 N–H and O–H groups in total. The van der Waals surface area contributed by atoms with Crippen LogP contribution in [0.25, 0.3) is 16.6 Å². The number of benzene rings is 3. The minimum absolute atomic E-state index is 0.113. The molecule has 0 fully saturated rings. The first kappa shape index (κ1) is 20.7. The molecule has 5 rings (SSSR count). The molecular formula is C23H19N5O4S. The number of nitrogens with zero attached hydrogens (tertiary/aromatic N) is 4. The molecule has 10 heteroatoms. The predicted octanol–water partition coefficient (Wildman–Crippen LogP) is 3.87. The fourth-order valence-electron chi connectivity index (χ4n) is 3.56. The second-order valence-corrected chi connectivity index (χ2v) is 8.98. The topological polar surface area (TPSA) is 108 Å². The molecule has 0 saturated heterocycles. The normalized spacial score (nSPS) is 11.6. The Kier molecular flexibility index (Phi) is 5.06. The van der Waals surface area contributed by atoms with E-state index < -0.39 is 9.84 Å². The molecule has 3 aromatic carbocycles. The molecule has 5 aromatic rings. The molecule has 0 aliphatic heterocycles. The lowest BCUT2D eigenvalue weighted by molar-refractivity contribution is 0.405. The lowest BCUT2D eigenvalue weighted by Crippen LogP contribution is -2.06. The van der Waals surface area contributed by atoms with E-state index in [0.717, 1.165) is 5.39 Å². The number of methoxy groups -OCH3 is 2. The van der Waals surface area contributed by atoms with Gasteiger partial charge < -0.3 is 14.8 Å². The molecular weight excluding hydrogens is 442 g/mol. The minimum atomic E-state index is -3.93. The van der Waals surface area contributed by atoms with Crippen molar-refractivity contribution in [2.45, 2.75) is 9.92 Å². The standard InChI is InChI=1S/C23H19N5O4S/c1-31-15-12-13-20(32-2)18(14-15)24-21-17-10-6-7-11-19(17)28-22(25-21)23(26-27-28)33(29,30)16-8-4-3-5-9-16/h3-14H,1-2H3,(H,24,25). The van der Waals surface area contributed by atoms with Crippen molar-refractivity contribution in [2.24, 2.45) is 0 Å². The van der Waals surface area contributed by atoms with Crippen LogP contribution >= 0.6 is 0 Å². The lowest BCUT2D eigenvalue weighted by Gasteiger charge is -2.14. The third-order valence-corrected chi connectivity index (χ3v) is 6.86. The SMILES string of the molecule is COc1ccc(OC)c(Nc2nc3c(S(=O)(=O)c4ccccc4)nnn3c3ccccc23)c1. The van der Waals surface area contributed by atoms with Gasteiger partial charge in [-0.2, -0.15) is 4.52 Å². The number of para-hydroxylation sites is 1. The Bertz CT molecular complexity index is 1580. The Balaban J connectivity index is 1.74. The summed E-state index contributed by atoms with van der Waals surface area (Å²) in [4.78, 5) is 4.75. The van der Waals surface area contributed by atoms with Crippen LogP contribution in [-0.4, -0.2) is 42.4 Å². The largest absolute Gasteiger partial charge is 0.497 e. The van der Waals surface area contributed by atoms with Crippen LogP contribution in [0.2, 0.25) is 0 Å². The van der Waals surface area contributed by atoms with E-state index in [1.165, 1.54) is 16.6 Å². The van der Waals surface area contributed by atoms with Crippen molar-refractivity contribution in [1.29, 1.82) is 0 Å². The summed E-state index contributed by atoms with van der Waals surface area (Å²) in [6, 6.07) is 20.8. The van der Waals surface area contributed by atoms with E-state index >= 15 is 0 Å². The second kappa shape index (κ2) is 8.06. The molecule has 0 radical (unpaired) electrons. The van der Waals surface area contributed by atoms with Gasteiger partial charge in [-0.25, -0.2) is 13.4 Å². The van der Waals surface area contributed by atoms with Crippen molar-refractivity contribution in [1.82, 2.24) is 19.8 Å². The Hall–Kier alpha value is -4.18. The number of hydrogen-bond donors (Lipinski definition) is 1. The highest BCUT2D eigenvalue weighted by molar-refractivity contribution is 7.91. The van der Waals surface area contributed by atoms with Crippen LogP contribution in [0.4, 0.5) is 11.5 Å². The molecule has 2 aromatic heterocycles. The van der Waals surface area contributed by atoms with Crippen LogP contribution in [0.15, 0.2) is 82.7 Å². The van der Waals surface area contributed by atoms with Gasteiger partial charge in [-0.3, -0.25) is 0 Å². The maximum atomic E-state index is 13.3. The molecule has 0 amide bonds. The van der Waals surface area contributed by atoms with Gasteiger partial charge in [0.25, 0.3) is 0 Å². The van der Waals surface area contributed by atoms with Crippen molar-refractivity contribution in [3.8, 4) is 11.5 Å². The molecule has 0 aliphatic rings. The van der Waals surface area contributed by atoms with Crippen LogP contribution < -0.4 is 14.8 Å². The van der Waals surface area contributed by atoms with Gasteiger partial charge in [0.2, 0.25) is 14.9 Å². The number of nitrogens with one attached hydrogen (secondary N) is 1. The first-order valence-corrected chi connectivity index (χ1v) is 11.4. The first-order chi connectivity index (χ1) is 16.0. The zero-order valence-corrected chi connectivity index (χ0v) is 18.6. The number of anilines is 2. The summed E-state index contributed by atoms with van der Waals surface area (Å²) in [7, 11) is -0.797. The average Bonchev–Trinajstić information content (AvgIpc) is 3.29. The molecule has 166 valence electrons. The van der Waals surface area contributed by atoms with E-state index in [0.29, 0.717) is 28.5 Å². The number of aromatic nitrogens is 4. The van der Waals surface area contributed by atoms with Gasteiger partial charge in [0.1, 0.15) is 17.3 Å². The quantitative estimate of drug-likeness (QED) is 0.406. The number of hydrogen-bond acceptors (Lipinski definition) is 8. The predicted molar refractivity (Wildman–Crippen MR) is 123 cm³/mol. The fraction of sp³-hybridized carbons (Fsp3) is 0.0870. The Labute approximate surface area is 189 Å². The zero-order valence-electron chi connectivity index (χ0n) is 17.8. The van der Waals surface area contributed by atoms with Gasteiger partial charge in [-0.05, 0) is 36.4 Å². The van der Waals surface area contributed by atoms with E-state index in [4.69, 9.17) is 9.47 Å². The Morgan fingerprint density at radius 3 is 2.42 bits per heavy atom. The second-order valence-electron chi connectivity index (χ2n) is 7.12. The fourth-order valence-corrected chi connectivity index (χ4v) is 4.82. The monoisotopic (exact) mass is 461 g/mol. The van der Waals surface area contributed by atoms with Crippen LogP contribution in [0, 0.1) is 0 Å². The van der Waals surface area contributed by atoms with Gasteiger partial charge in [-0.1, -0.05) is 35.5 Å². The van der Waals surface area contributed by atoms with E-state index in [-0.39, 0.29) is 15.6 Å². The summed E-state index contributed by atoms with van der Waals surface area (Å²) < 4.78 is 38.8. The Morgan fingerprint density at radius 1 is 0.909 bits per heavy atom. The molecule has 0 saturated carbocycles. The minimum Gasteiger partial charge on any atom is -0.497 e. The van der Waals surface area contributed by atoms with E-state index in [9.17, 15) is 8.42 Å². The molecule has 9 nitrogen and oxygen atoms in total. The average molecular weight is 462 g/mol. The summed E-state index contributed by atoms with van der Waals surface area (Å²) in [5, 5.41) is 11.9. The lowest BCUT2D eigenvalue weighted by atomic mass is 10.2. The van der Waals surface area contributed by atoms with Gasteiger partial charge in [0, 0.05) is 11.5 Å². The van der Waals surface area contributed by atoms with Crippen LogP contribution in [-0.2, 0) is 9.84 Å². The summed E-state index contributed by atoms with van der Waals surface area (Å²) >= 11 is 0. The summed E-state index contributed by atoms with van der Waals surface area (Å²) in [5.74, 6) is 1.63. The highest BCUT2D eigenvalue weighted by atomic mass is 32.2. The maximum Gasteiger partial charge on any atom is 0.229 e. The summed E-state index contributed by atoms with van der Waals surface area (Å²) in [6.45, 7) is 0. The number of fused-ring (bicyclic) bond motifs is 3. The number of sulfone groups is 1. The molecule has 0 bridgehead atoms. The number of rotatable bonds is 6. The van der Waals surface area contributed by atoms with Crippen molar-refractivity contribution in [2.75, 3.05) is 19.5 Å². The van der Waals surface area contributed by atoms with E-state index in [1.54, 1.807) is 50.6 Å². The Morgan fingerprint density at radius 2 is 1.67 bits per heavy atom. The maximum absolute atomic E-state index is 13.3.